The van der Waals surface area contributed by atoms with Crippen molar-refractivity contribution in [3.8, 4) is 5.75 Å². The second kappa shape index (κ2) is 3.77. The number of hydrogen-bond donors (Lipinski definition) is 0. The van der Waals surface area contributed by atoms with Crippen LogP contribution in [0.1, 0.15) is 17.3 Å². The summed E-state index contributed by atoms with van der Waals surface area (Å²) in [6.07, 6.45) is 0. The summed E-state index contributed by atoms with van der Waals surface area (Å²) in [5, 5.41) is 0. The maximum absolute atomic E-state index is 5.08. The van der Waals surface area contributed by atoms with Crippen molar-refractivity contribution in [1.82, 2.24) is 0 Å². The van der Waals surface area contributed by atoms with Crippen molar-refractivity contribution in [2.75, 3.05) is 7.11 Å². The van der Waals surface area contributed by atoms with Crippen molar-refractivity contribution in [2.24, 2.45) is 0 Å². The van der Waals surface area contributed by atoms with Crippen molar-refractivity contribution in [3.63, 3.8) is 0 Å². The van der Waals surface area contributed by atoms with Gasteiger partial charge in [-0.05, 0) is 24.6 Å². The largest absolute Gasteiger partial charge is 0.497 e. The number of halogens is 1. The van der Waals surface area contributed by atoms with E-state index in [1.165, 1.54) is 5.56 Å². The minimum Gasteiger partial charge on any atom is -0.497 e. The van der Waals surface area contributed by atoms with E-state index >= 15 is 0 Å². The Morgan fingerprint density at radius 2 is 2.18 bits per heavy atom. The van der Waals surface area contributed by atoms with Crippen molar-refractivity contribution < 1.29 is 4.74 Å². The topological polar surface area (TPSA) is 9.23 Å². The fourth-order valence-electron chi connectivity index (χ4n) is 0.889. The number of ether oxygens (including phenoxy) is 1. The standard InChI is InChI=1S/C9H11BrO/c1-7(10)8-4-3-5-9(6-8)11-2/h3-7H,1-2H3/t7-/m0/s1. The summed E-state index contributed by atoms with van der Waals surface area (Å²) < 4.78 is 5.08. The smallest absolute Gasteiger partial charge is 0.119 e. The van der Waals surface area contributed by atoms with E-state index in [-0.39, 0.29) is 0 Å². The van der Waals surface area contributed by atoms with Gasteiger partial charge in [0.25, 0.3) is 0 Å². The molecule has 1 aromatic rings. The van der Waals surface area contributed by atoms with Gasteiger partial charge in [0.2, 0.25) is 0 Å². The zero-order valence-corrected chi connectivity index (χ0v) is 8.26. The molecule has 0 saturated carbocycles. The van der Waals surface area contributed by atoms with Gasteiger partial charge < -0.3 is 4.74 Å². The third-order valence-electron chi connectivity index (χ3n) is 1.55. The summed E-state index contributed by atoms with van der Waals surface area (Å²) in [7, 11) is 1.68. The molecule has 0 aliphatic rings. The molecular weight excluding hydrogens is 204 g/mol. The minimum absolute atomic E-state index is 0.387. The zero-order valence-electron chi connectivity index (χ0n) is 6.67. The molecule has 0 radical (unpaired) electrons. The highest BCUT2D eigenvalue weighted by Gasteiger charge is 2.00. The van der Waals surface area contributed by atoms with Crippen LogP contribution in [0, 0.1) is 0 Å². The molecule has 0 aromatic heterocycles. The number of hydrogen-bond acceptors (Lipinski definition) is 1. The zero-order chi connectivity index (χ0) is 8.27. The number of rotatable bonds is 2. The molecule has 0 saturated heterocycles. The van der Waals surface area contributed by atoms with Gasteiger partial charge in [-0.2, -0.15) is 0 Å². The van der Waals surface area contributed by atoms with Gasteiger partial charge in [-0.25, -0.2) is 0 Å². The van der Waals surface area contributed by atoms with Gasteiger partial charge in [0.1, 0.15) is 5.75 Å². The van der Waals surface area contributed by atoms with Gasteiger partial charge >= 0.3 is 0 Å². The Morgan fingerprint density at radius 1 is 1.45 bits per heavy atom. The highest BCUT2D eigenvalue weighted by Crippen LogP contribution is 2.24. The van der Waals surface area contributed by atoms with Crippen LogP contribution in [0.4, 0.5) is 0 Å². The van der Waals surface area contributed by atoms with E-state index < -0.39 is 0 Å². The molecule has 0 N–H and O–H groups in total. The van der Waals surface area contributed by atoms with E-state index in [0.29, 0.717) is 4.83 Å². The van der Waals surface area contributed by atoms with Crippen molar-refractivity contribution >= 4 is 15.9 Å². The molecule has 0 bridgehead atoms. The summed E-state index contributed by atoms with van der Waals surface area (Å²) in [4.78, 5) is 0.387. The number of methoxy groups -OCH3 is 1. The molecule has 2 heteroatoms. The van der Waals surface area contributed by atoms with Crippen molar-refractivity contribution in [2.45, 2.75) is 11.8 Å². The Morgan fingerprint density at radius 3 is 2.73 bits per heavy atom. The maximum atomic E-state index is 5.08. The summed E-state index contributed by atoms with van der Waals surface area (Å²) in [5.41, 5.74) is 1.24. The lowest BCUT2D eigenvalue weighted by molar-refractivity contribution is 0.414. The Bertz CT molecular complexity index is 233. The lowest BCUT2D eigenvalue weighted by Gasteiger charge is -2.05. The van der Waals surface area contributed by atoms with Gasteiger partial charge in [-0.3, -0.25) is 0 Å². The maximum Gasteiger partial charge on any atom is 0.119 e. The van der Waals surface area contributed by atoms with E-state index in [1.807, 2.05) is 18.2 Å². The average molecular weight is 215 g/mol. The second-order valence-electron chi connectivity index (χ2n) is 2.39. The Kier molecular flexibility index (Phi) is 2.94. The van der Waals surface area contributed by atoms with Crippen molar-refractivity contribution in [3.05, 3.63) is 29.8 Å². The molecule has 1 rings (SSSR count). The van der Waals surface area contributed by atoms with Gasteiger partial charge in [-0.15, -0.1) is 0 Å². The molecule has 0 amide bonds. The van der Waals surface area contributed by atoms with E-state index in [4.69, 9.17) is 4.74 Å². The molecule has 1 nitrogen and oxygen atoms in total. The molecule has 11 heavy (non-hydrogen) atoms. The van der Waals surface area contributed by atoms with Crippen LogP contribution in [-0.2, 0) is 0 Å². The fourth-order valence-corrected chi connectivity index (χ4v) is 1.17. The summed E-state index contributed by atoms with van der Waals surface area (Å²) >= 11 is 3.49. The van der Waals surface area contributed by atoms with Gasteiger partial charge in [0.05, 0.1) is 7.11 Å². The second-order valence-corrected chi connectivity index (χ2v) is 3.77. The van der Waals surface area contributed by atoms with E-state index in [9.17, 15) is 0 Å². The number of benzene rings is 1. The summed E-state index contributed by atoms with van der Waals surface area (Å²) in [5.74, 6) is 0.911. The first kappa shape index (κ1) is 8.60. The first-order valence-electron chi connectivity index (χ1n) is 3.52. The molecule has 0 spiro atoms. The Labute approximate surface area is 75.5 Å². The van der Waals surface area contributed by atoms with Crippen LogP contribution >= 0.6 is 15.9 Å². The molecule has 0 aliphatic heterocycles. The molecule has 1 aromatic carbocycles. The predicted octanol–water partition coefficient (Wildman–Crippen LogP) is 3.15. The Balaban J connectivity index is 2.91. The highest BCUT2D eigenvalue weighted by atomic mass is 79.9. The van der Waals surface area contributed by atoms with Gasteiger partial charge in [0.15, 0.2) is 0 Å². The van der Waals surface area contributed by atoms with E-state index in [0.717, 1.165) is 5.75 Å². The van der Waals surface area contributed by atoms with Crippen LogP contribution in [0.15, 0.2) is 24.3 Å². The van der Waals surface area contributed by atoms with Gasteiger partial charge in [0, 0.05) is 4.83 Å². The van der Waals surface area contributed by atoms with Crippen molar-refractivity contribution in [1.29, 1.82) is 0 Å². The molecule has 0 aliphatic carbocycles. The van der Waals surface area contributed by atoms with E-state index in [1.54, 1.807) is 7.11 Å². The first-order chi connectivity index (χ1) is 5.24. The fraction of sp³-hybridized carbons (Fsp3) is 0.333. The average Bonchev–Trinajstić information content (AvgIpc) is 2.05. The molecule has 0 unspecified atom stereocenters. The first-order valence-corrected chi connectivity index (χ1v) is 4.43. The highest BCUT2D eigenvalue weighted by molar-refractivity contribution is 9.09. The third-order valence-corrected chi connectivity index (χ3v) is 2.08. The molecular formula is C9H11BrO. The normalized spacial score (nSPS) is 12.6. The minimum atomic E-state index is 0.387. The molecule has 0 fully saturated rings. The van der Waals surface area contributed by atoms with Crippen LogP contribution in [0.5, 0.6) is 5.75 Å². The van der Waals surface area contributed by atoms with Crippen LogP contribution < -0.4 is 4.74 Å². The van der Waals surface area contributed by atoms with E-state index in [2.05, 4.69) is 28.9 Å². The summed E-state index contributed by atoms with van der Waals surface area (Å²) in [6, 6.07) is 8.03. The predicted molar refractivity (Wildman–Crippen MR) is 50.3 cm³/mol. The van der Waals surface area contributed by atoms with Crippen LogP contribution in [-0.4, -0.2) is 7.11 Å². The monoisotopic (exact) mass is 214 g/mol. The molecule has 1 atom stereocenters. The summed E-state index contributed by atoms with van der Waals surface area (Å²) in [6.45, 7) is 2.09. The molecule has 60 valence electrons. The SMILES string of the molecule is COc1cccc([C@H](C)Br)c1. The number of alkyl halides is 1. The Hall–Kier alpha value is -0.500. The van der Waals surface area contributed by atoms with Crippen LogP contribution in [0.2, 0.25) is 0 Å². The van der Waals surface area contributed by atoms with Crippen LogP contribution in [0.3, 0.4) is 0 Å². The third kappa shape index (κ3) is 2.22. The van der Waals surface area contributed by atoms with Gasteiger partial charge in [-0.1, -0.05) is 28.1 Å². The lowest BCUT2D eigenvalue weighted by atomic mass is 10.2. The van der Waals surface area contributed by atoms with Crippen LogP contribution in [0.25, 0.3) is 0 Å². The molecule has 0 heterocycles. The quantitative estimate of drug-likeness (QED) is 0.688. The lowest BCUT2D eigenvalue weighted by Crippen LogP contribution is -1.86.